The number of phenols is 2. The Balaban J connectivity index is 1.67. The Morgan fingerprint density at radius 2 is 1.92 bits per heavy atom. The van der Waals surface area contributed by atoms with Crippen molar-refractivity contribution in [3.63, 3.8) is 0 Å². The topological polar surface area (TPSA) is 104 Å². The van der Waals surface area contributed by atoms with Crippen LogP contribution in [0.15, 0.2) is 41.5 Å². The van der Waals surface area contributed by atoms with Crippen molar-refractivity contribution in [1.82, 2.24) is 0 Å². The molecule has 1 unspecified atom stereocenters. The Labute approximate surface area is 230 Å². The molecule has 1 fully saturated rings. The smallest absolute Gasteiger partial charge is 0.397 e. The number of aromatic hydroxyl groups is 2. The minimum Gasteiger partial charge on any atom is -0.508 e. The lowest BCUT2D eigenvalue weighted by atomic mass is 9.48. The fourth-order valence-corrected chi connectivity index (χ4v) is 7.94. The molecule has 214 valence electrons. The van der Waals surface area contributed by atoms with Crippen LogP contribution in [0.3, 0.4) is 0 Å². The minimum absolute atomic E-state index is 0.0479. The van der Waals surface area contributed by atoms with Crippen LogP contribution in [0.1, 0.15) is 98.5 Å². The molecule has 0 saturated heterocycles. The maximum absolute atomic E-state index is 11.9. The standard InChI is InChI=1S/C31H48O6S/c1-21(11-13-24-19-25(32)14-15-27(24)33)9-7-10-23(3)28(37-38(34,35)36)20-26-22(2)12-16-29-30(4,5)17-8-18-31(26,29)6/h11-12,14-15,19,23,26,28-29,32-33H,7-10,13,16-18,20H2,1-6H3,(H,34,35,36)/b21-11-/t23-,26+,28-,29?,31-/m1/s1. The summed E-state index contributed by atoms with van der Waals surface area (Å²) in [7, 11) is -4.57. The van der Waals surface area contributed by atoms with Gasteiger partial charge in [0.2, 0.25) is 0 Å². The summed E-state index contributed by atoms with van der Waals surface area (Å²) in [4.78, 5) is 0. The number of allylic oxidation sites excluding steroid dienone is 4. The van der Waals surface area contributed by atoms with Crippen LogP contribution in [-0.4, -0.2) is 29.3 Å². The molecular formula is C31H48O6S. The van der Waals surface area contributed by atoms with Crippen LogP contribution in [0, 0.1) is 28.6 Å². The van der Waals surface area contributed by atoms with Gasteiger partial charge >= 0.3 is 10.4 Å². The van der Waals surface area contributed by atoms with E-state index in [0.29, 0.717) is 24.3 Å². The van der Waals surface area contributed by atoms with Gasteiger partial charge < -0.3 is 10.2 Å². The first-order valence-corrected chi connectivity index (χ1v) is 15.5. The van der Waals surface area contributed by atoms with Crippen molar-refractivity contribution in [3.05, 3.63) is 47.1 Å². The molecule has 0 aromatic heterocycles. The van der Waals surface area contributed by atoms with Gasteiger partial charge in [0, 0.05) is 5.56 Å². The van der Waals surface area contributed by atoms with Gasteiger partial charge in [0.1, 0.15) is 11.5 Å². The van der Waals surface area contributed by atoms with E-state index in [4.69, 9.17) is 4.18 Å². The Morgan fingerprint density at radius 1 is 1.21 bits per heavy atom. The van der Waals surface area contributed by atoms with Gasteiger partial charge in [-0.25, -0.2) is 4.18 Å². The normalized spacial score (nSPS) is 27.3. The zero-order chi connectivity index (χ0) is 28.3. The van der Waals surface area contributed by atoms with E-state index in [1.54, 1.807) is 6.07 Å². The molecule has 0 bridgehead atoms. The van der Waals surface area contributed by atoms with Gasteiger partial charge in [0.05, 0.1) is 6.10 Å². The molecular weight excluding hydrogens is 500 g/mol. The molecule has 3 rings (SSSR count). The average molecular weight is 549 g/mol. The summed E-state index contributed by atoms with van der Waals surface area (Å²) in [5.74, 6) is 0.996. The molecule has 2 aliphatic carbocycles. The molecule has 3 N–H and O–H groups in total. The Hall–Kier alpha value is -1.83. The van der Waals surface area contributed by atoms with E-state index in [2.05, 4.69) is 33.8 Å². The van der Waals surface area contributed by atoms with Crippen LogP contribution in [0.25, 0.3) is 0 Å². The average Bonchev–Trinajstić information content (AvgIpc) is 2.79. The highest BCUT2D eigenvalue weighted by molar-refractivity contribution is 7.80. The van der Waals surface area contributed by atoms with Crippen molar-refractivity contribution in [3.8, 4) is 11.5 Å². The number of benzene rings is 1. The molecule has 0 heterocycles. The second kappa shape index (κ2) is 12.1. The van der Waals surface area contributed by atoms with Crippen molar-refractivity contribution < 1.29 is 27.4 Å². The lowest BCUT2D eigenvalue weighted by Crippen LogP contribution is -2.49. The van der Waals surface area contributed by atoms with Crippen LogP contribution >= 0.6 is 0 Å². The maximum atomic E-state index is 11.9. The fraction of sp³-hybridized carbons (Fsp3) is 0.677. The van der Waals surface area contributed by atoms with E-state index >= 15 is 0 Å². The quantitative estimate of drug-likeness (QED) is 0.148. The predicted molar refractivity (Wildman–Crippen MR) is 152 cm³/mol. The van der Waals surface area contributed by atoms with Crippen molar-refractivity contribution >= 4 is 10.4 Å². The fourth-order valence-electron chi connectivity index (χ4n) is 7.36. The van der Waals surface area contributed by atoms with Crippen LogP contribution in [0.4, 0.5) is 0 Å². The zero-order valence-corrected chi connectivity index (χ0v) is 24.9. The molecule has 0 amide bonds. The summed E-state index contributed by atoms with van der Waals surface area (Å²) in [6.45, 7) is 13.3. The van der Waals surface area contributed by atoms with E-state index < -0.39 is 16.5 Å². The minimum atomic E-state index is -4.57. The van der Waals surface area contributed by atoms with E-state index in [1.165, 1.54) is 30.5 Å². The summed E-state index contributed by atoms with van der Waals surface area (Å²) in [5.41, 5.74) is 3.47. The molecule has 1 aromatic carbocycles. The third kappa shape index (κ3) is 7.64. The Bertz CT molecular complexity index is 1140. The molecule has 1 aromatic rings. The summed E-state index contributed by atoms with van der Waals surface area (Å²) < 4.78 is 38.7. The molecule has 7 heteroatoms. The molecule has 2 aliphatic rings. The monoisotopic (exact) mass is 548 g/mol. The first kappa shape index (κ1) is 30.7. The van der Waals surface area contributed by atoms with Gasteiger partial charge in [0.15, 0.2) is 0 Å². The molecule has 1 saturated carbocycles. The summed E-state index contributed by atoms with van der Waals surface area (Å²) in [6, 6.07) is 4.52. The lowest BCUT2D eigenvalue weighted by Gasteiger charge is -2.57. The highest BCUT2D eigenvalue weighted by Gasteiger charge is 2.52. The highest BCUT2D eigenvalue weighted by atomic mass is 32.3. The van der Waals surface area contributed by atoms with Gasteiger partial charge in [-0.15, -0.1) is 0 Å². The van der Waals surface area contributed by atoms with Gasteiger partial charge in [0.25, 0.3) is 0 Å². The summed E-state index contributed by atoms with van der Waals surface area (Å²) in [5, 5.41) is 19.7. The lowest BCUT2D eigenvalue weighted by molar-refractivity contribution is -0.0517. The first-order chi connectivity index (χ1) is 17.6. The third-order valence-corrected chi connectivity index (χ3v) is 10.1. The summed E-state index contributed by atoms with van der Waals surface area (Å²) in [6.07, 6.45) is 12.0. The summed E-state index contributed by atoms with van der Waals surface area (Å²) >= 11 is 0. The Morgan fingerprint density at radius 3 is 2.61 bits per heavy atom. The van der Waals surface area contributed by atoms with E-state index in [-0.39, 0.29) is 34.2 Å². The van der Waals surface area contributed by atoms with Crippen molar-refractivity contribution in [2.75, 3.05) is 0 Å². The predicted octanol–water partition coefficient (Wildman–Crippen LogP) is 7.77. The molecule has 0 radical (unpaired) electrons. The SMILES string of the molecule is CC1=CCC2C(C)(C)CCC[C@]2(C)[C@H]1C[C@@H](OS(=O)(=O)O)[C@H](C)CCC/C(C)=C\Cc1cc(O)ccc1O. The van der Waals surface area contributed by atoms with Gasteiger partial charge in [-0.1, -0.05) is 57.4 Å². The maximum Gasteiger partial charge on any atom is 0.397 e. The Kier molecular flexibility index (Phi) is 9.81. The third-order valence-electron chi connectivity index (χ3n) is 9.61. The van der Waals surface area contributed by atoms with Crippen molar-refractivity contribution in [2.24, 2.45) is 28.6 Å². The van der Waals surface area contributed by atoms with Gasteiger partial charge in [-0.2, -0.15) is 8.42 Å². The van der Waals surface area contributed by atoms with Crippen LogP contribution in [-0.2, 0) is 21.0 Å². The van der Waals surface area contributed by atoms with Crippen LogP contribution in [0.5, 0.6) is 11.5 Å². The van der Waals surface area contributed by atoms with Crippen LogP contribution in [0.2, 0.25) is 0 Å². The molecule has 6 nitrogen and oxygen atoms in total. The van der Waals surface area contributed by atoms with Crippen molar-refractivity contribution in [1.29, 1.82) is 0 Å². The van der Waals surface area contributed by atoms with Crippen LogP contribution < -0.4 is 0 Å². The second-order valence-electron chi connectivity index (χ2n) is 12.9. The molecule has 0 spiro atoms. The number of fused-ring (bicyclic) bond motifs is 1. The van der Waals surface area contributed by atoms with E-state index in [0.717, 1.165) is 37.7 Å². The van der Waals surface area contributed by atoms with E-state index in [9.17, 15) is 23.2 Å². The number of hydrogen-bond acceptors (Lipinski definition) is 5. The van der Waals surface area contributed by atoms with Gasteiger partial charge in [-0.05, 0) is 112 Å². The van der Waals surface area contributed by atoms with Crippen molar-refractivity contribution in [2.45, 2.75) is 105 Å². The largest absolute Gasteiger partial charge is 0.508 e. The zero-order valence-electron chi connectivity index (χ0n) is 24.0. The molecule has 5 atom stereocenters. The molecule has 38 heavy (non-hydrogen) atoms. The number of hydrogen-bond donors (Lipinski definition) is 3. The highest BCUT2D eigenvalue weighted by Crippen LogP contribution is 2.60. The second-order valence-corrected chi connectivity index (χ2v) is 13.9. The molecule has 0 aliphatic heterocycles. The number of phenolic OH excluding ortho intramolecular Hbond substituents is 2. The van der Waals surface area contributed by atoms with E-state index in [1.807, 2.05) is 19.9 Å². The van der Waals surface area contributed by atoms with Gasteiger partial charge in [-0.3, -0.25) is 4.55 Å². The number of rotatable bonds is 11. The first-order valence-electron chi connectivity index (χ1n) is 14.1.